The summed E-state index contributed by atoms with van der Waals surface area (Å²) in [7, 11) is 0. The smallest absolute Gasteiger partial charge is 0.353 e. The second-order valence-electron chi connectivity index (χ2n) is 7.14. The molecule has 1 heterocycles. The summed E-state index contributed by atoms with van der Waals surface area (Å²) in [6, 6.07) is 2.08. The molecule has 9 heteroatoms. The Morgan fingerprint density at radius 1 is 1.11 bits per heavy atom. The van der Waals surface area contributed by atoms with Crippen molar-refractivity contribution in [2.45, 2.75) is 44.3 Å². The minimum atomic E-state index is -4.29. The summed E-state index contributed by atoms with van der Waals surface area (Å²) in [5, 5.41) is 2.61. The number of carbonyl (C=O) groups excluding carboxylic acids is 2. The summed E-state index contributed by atoms with van der Waals surface area (Å²) >= 11 is 0. The summed E-state index contributed by atoms with van der Waals surface area (Å²) in [6.07, 6.45) is -3.74. The summed E-state index contributed by atoms with van der Waals surface area (Å²) < 4.78 is 65.4. The van der Waals surface area contributed by atoms with E-state index in [2.05, 4.69) is 5.32 Å². The molecule has 1 aromatic rings. The second kappa shape index (κ2) is 7.44. The lowest BCUT2D eigenvalue weighted by Gasteiger charge is -2.31. The molecule has 148 valence electrons. The van der Waals surface area contributed by atoms with Gasteiger partial charge in [0.15, 0.2) is 0 Å². The fraction of sp³-hybridized carbons (Fsp3) is 0.556. The van der Waals surface area contributed by atoms with Crippen LogP contribution in [0.4, 0.5) is 27.6 Å². The van der Waals surface area contributed by atoms with Crippen molar-refractivity contribution in [3.63, 3.8) is 0 Å². The van der Waals surface area contributed by atoms with Gasteiger partial charge in [0.1, 0.15) is 11.6 Å². The molecule has 3 unspecified atom stereocenters. The van der Waals surface area contributed by atoms with E-state index in [1.54, 1.807) is 0 Å². The SMILES string of the molecule is O=C(NC1CCCC(C(F)(F)F)C1)C1CC(=O)N(c2cc(F)cc(F)c2)C1. The molecule has 2 aliphatic rings. The molecule has 1 aliphatic carbocycles. The number of carbonyl (C=O) groups is 2. The Bertz CT molecular complexity index is 717. The van der Waals surface area contributed by atoms with Crippen molar-refractivity contribution in [3.8, 4) is 0 Å². The van der Waals surface area contributed by atoms with Gasteiger partial charge in [-0.15, -0.1) is 0 Å². The van der Waals surface area contributed by atoms with Crippen molar-refractivity contribution in [1.82, 2.24) is 5.32 Å². The van der Waals surface area contributed by atoms with Crippen LogP contribution in [0.1, 0.15) is 32.1 Å². The maximum Gasteiger partial charge on any atom is 0.391 e. The number of anilines is 1. The molecule has 1 N–H and O–H groups in total. The van der Waals surface area contributed by atoms with Crippen LogP contribution in [0.15, 0.2) is 18.2 Å². The van der Waals surface area contributed by atoms with Crippen LogP contribution < -0.4 is 10.2 Å². The van der Waals surface area contributed by atoms with Crippen molar-refractivity contribution in [2.75, 3.05) is 11.4 Å². The third-order valence-corrected chi connectivity index (χ3v) is 5.14. The number of alkyl halides is 3. The number of halogens is 5. The van der Waals surface area contributed by atoms with Crippen LogP contribution in [-0.4, -0.2) is 30.6 Å². The molecule has 0 aromatic heterocycles. The molecule has 1 saturated heterocycles. The fourth-order valence-electron chi connectivity index (χ4n) is 3.77. The Kier molecular flexibility index (Phi) is 5.39. The Hall–Kier alpha value is -2.19. The first-order valence-corrected chi connectivity index (χ1v) is 8.77. The van der Waals surface area contributed by atoms with E-state index in [1.807, 2.05) is 0 Å². The molecule has 1 aliphatic heterocycles. The van der Waals surface area contributed by atoms with Crippen LogP contribution in [0, 0.1) is 23.5 Å². The largest absolute Gasteiger partial charge is 0.391 e. The topological polar surface area (TPSA) is 49.4 Å². The first-order chi connectivity index (χ1) is 12.6. The molecule has 0 radical (unpaired) electrons. The zero-order chi connectivity index (χ0) is 19.8. The molecule has 3 rings (SSSR count). The van der Waals surface area contributed by atoms with Crippen LogP contribution in [0.3, 0.4) is 0 Å². The number of amides is 2. The number of rotatable bonds is 3. The molecular formula is C18H19F5N2O2. The number of nitrogens with one attached hydrogen (secondary N) is 1. The van der Waals surface area contributed by atoms with Gasteiger partial charge >= 0.3 is 6.18 Å². The molecule has 0 spiro atoms. The van der Waals surface area contributed by atoms with Crippen molar-refractivity contribution >= 4 is 17.5 Å². The molecule has 27 heavy (non-hydrogen) atoms. The van der Waals surface area contributed by atoms with Crippen LogP contribution in [0.5, 0.6) is 0 Å². The molecule has 4 nitrogen and oxygen atoms in total. The van der Waals surface area contributed by atoms with Gasteiger partial charge in [-0.2, -0.15) is 13.2 Å². The summed E-state index contributed by atoms with van der Waals surface area (Å²) in [5.74, 6) is -4.85. The van der Waals surface area contributed by atoms with Gasteiger partial charge in [0.05, 0.1) is 11.8 Å². The van der Waals surface area contributed by atoms with Crippen molar-refractivity contribution in [3.05, 3.63) is 29.8 Å². The predicted octanol–water partition coefficient (Wildman–Crippen LogP) is 3.56. The fourth-order valence-corrected chi connectivity index (χ4v) is 3.77. The van der Waals surface area contributed by atoms with Gasteiger partial charge in [-0.05, 0) is 31.4 Å². The van der Waals surface area contributed by atoms with E-state index in [9.17, 15) is 31.5 Å². The third-order valence-electron chi connectivity index (χ3n) is 5.14. The van der Waals surface area contributed by atoms with Crippen LogP contribution in [-0.2, 0) is 9.59 Å². The highest BCUT2D eigenvalue weighted by atomic mass is 19.4. The average molecular weight is 390 g/mol. The maximum absolute atomic E-state index is 13.4. The molecule has 1 aromatic carbocycles. The molecule has 3 atom stereocenters. The number of hydrogen-bond donors (Lipinski definition) is 1. The standard InChI is InChI=1S/C18H19F5N2O2/c19-12-6-13(20)8-15(7-12)25-9-10(4-16(25)26)17(27)24-14-3-1-2-11(5-14)18(21,22)23/h6-8,10-11,14H,1-5,9H2,(H,24,27). The minimum absolute atomic E-state index is 0.0163. The van der Waals surface area contributed by atoms with Gasteiger partial charge in [-0.3, -0.25) is 9.59 Å². The first kappa shape index (κ1) is 19.6. The number of nitrogens with zero attached hydrogens (tertiary/aromatic N) is 1. The van der Waals surface area contributed by atoms with Crippen LogP contribution >= 0.6 is 0 Å². The first-order valence-electron chi connectivity index (χ1n) is 8.77. The zero-order valence-electron chi connectivity index (χ0n) is 14.4. The maximum atomic E-state index is 13.4. The Balaban J connectivity index is 1.62. The normalized spacial score (nSPS) is 26.3. The number of benzene rings is 1. The Labute approximate surface area is 152 Å². The van der Waals surface area contributed by atoms with E-state index in [-0.39, 0.29) is 31.5 Å². The third kappa shape index (κ3) is 4.56. The van der Waals surface area contributed by atoms with E-state index in [4.69, 9.17) is 0 Å². The van der Waals surface area contributed by atoms with Gasteiger partial charge in [0.25, 0.3) is 0 Å². The van der Waals surface area contributed by atoms with Gasteiger partial charge in [-0.25, -0.2) is 8.78 Å². The van der Waals surface area contributed by atoms with E-state index in [0.717, 1.165) is 17.0 Å². The molecular weight excluding hydrogens is 371 g/mol. The van der Waals surface area contributed by atoms with E-state index < -0.39 is 47.5 Å². The molecule has 0 bridgehead atoms. The Morgan fingerprint density at radius 2 is 1.78 bits per heavy atom. The van der Waals surface area contributed by atoms with Crippen LogP contribution in [0.25, 0.3) is 0 Å². The van der Waals surface area contributed by atoms with E-state index >= 15 is 0 Å². The summed E-state index contributed by atoms with van der Waals surface area (Å²) in [5.41, 5.74) is 0.0163. The lowest BCUT2D eigenvalue weighted by Crippen LogP contribution is -2.44. The monoisotopic (exact) mass is 390 g/mol. The number of hydrogen-bond acceptors (Lipinski definition) is 2. The highest BCUT2D eigenvalue weighted by molar-refractivity contribution is 6.00. The van der Waals surface area contributed by atoms with Gasteiger partial charge < -0.3 is 10.2 Å². The predicted molar refractivity (Wildman–Crippen MR) is 86.8 cm³/mol. The second-order valence-corrected chi connectivity index (χ2v) is 7.14. The lowest BCUT2D eigenvalue weighted by molar-refractivity contribution is -0.184. The molecule has 1 saturated carbocycles. The van der Waals surface area contributed by atoms with Crippen molar-refractivity contribution in [2.24, 2.45) is 11.8 Å². The molecule has 2 fully saturated rings. The minimum Gasteiger partial charge on any atom is -0.353 e. The zero-order valence-corrected chi connectivity index (χ0v) is 14.4. The van der Waals surface area contributed by atoms with Crippen molar-refractivity contribution < 1.29 is 31.5 Å². The average Bonchev–Trinajstić information content (AvgIpc) is 2.95. The van der Waals surface area contributed by atoms with E-state index in [0.29, 0.717) is 18.9 Å². The lowest BCUT2D eigenvalue weighted by atomic mass is 9.85. The van der Waals surface area contributed by atoms with E-state index in [1.165, 1.54) is 0 Å². The summed E-state index contributed by atoms with van der Waals surface area (Å²) in [4.78, 5) is 25.7. The van der Waals surface area contributed by atoms with Crippen LogP contribution in [0.2, 0.25) is 0 Å². The van der Waals surface area contributed by atoms with Gasteiger partial charge in [0.2, 0.25) is 11.8 Å². The highest BCUT2D eigenvalue weighted by Gasteiger charge is 2.43. The Morgan fingerprint density at radius 3 is 2.41 bits per heavy atom. The summed E-state index contributed by atoms with van der Waals surface area (Å²) in [6.45, 7) is -0.0665. The quantitative estimate of drug-likeness (QED) is 0.803. The highest BCUT2D eigenvalue weighted by Crippen LogP contribution is 2.37. The van der Waals surface area contributed by atoms with Crippen molar-refractivity contribution in [1.29, 1.82) is 0 Å². The molecule has 2 amide bonds. The van der Waals surface area contributed by atoms with Gasteiger partial charge in [0, 0.05) is 30.8 Å². The van der Waals surface area contributed by atoms with Gasteiger partial charge in [-0.1, -0.05) is 6.42 Å².